The largest absolute Gasteiger partial charge is 0.462 e. The fourth-order valence-corrected chi connectivity index (χ4v) is 9.97. The Bertz CT molecular complexity index is 877. The van der Waals surface area contributed by atoms with Gasteiger partial charge in [-0.1, -0.05) is 27.7 Å². The summed E-state index contributed by atoms with van der Waals surface area (Å²) in [5, 5.41) is 25.3. The lowest BCUT2D eigenvalue weighted by atomic mass is 9.41. The summed E-state index contributed by atoms with van der Waals surface area (Å²) >= 11 is 0. The quantitative estimate of drug-likeness (QED) is 0.609. The molecule has 7 heteroatoms. The van der Waals surface area contributed by atoms with Crippen LogP contribution in [0.5, 0.6) is 0 Å². The third-order valence-electron chi connectivity index (χ3n) is 11.3. The maximum atomic E-state index is 12.4. The summed E-state index contributed by atoms with van der Waals surface area (Å²) in [4.78, 5) is 12.4. The van der Waals surface area contributed by atoms with Crippen LogP contribution in [0.2, 0.25) is 0 Å². The van der Waals surface area contributed by atoms with Crippen LogP contribution in [-0.2, 0) is 16.0 Å². The Hall–Kier alpha value is -1.50. The Morgan fingerprint density at radius 2 is 1.88 bits per heavy atom. The molecule has 5 rings (SSSR count). The molecule has 2 N–H and O–H groups in total. The minimum Gasteiger partial charge on any atom is -0.462 e. The summed E-state index contributed by atoms with van der Waals surface area (Å²) < 4.78 is 6.28. The molecule has 3 unspecified atom stereocenters. The van der Waals surface area contributed by atoms with Gasteiger partial charge in [-0.15, -0.1) is 5.10 Å². The summed E-state index contributed by atoms with van der Waals surface area (Å²) in [5.74, 6) is 4.22. The standard InChI is InChI=1S/C27H44N4O3/c1-6-18-22-14-17(33)9-11-27(22,5)21-10-12-26(4)19(15(2)13-23-28-30-31-29-23)7-8-20(26)24(21)25(18)34-16(3)32/h15,17-22,24-25,33H,6-14H2,1-5H3,(H,28,29,30,31)/t15-,17-,18-,19-,20+,21+,22?,24?,25-,26?,27+/m1/s1. The van der Waals surface area contributed by atoms with E-state index in [2.05, 4.69) is 48.3 Å². The molecule has 4 saturated carbocycles. The van der Waals surface area contributed by atoms with Gasteiger partial charge in [-0.25, -0.2) is 5.10 Å². The number of carbonyl (C=O) groups excluding carboxylic acids is 1. The first kappa shape index (κ1) is 24.2. The van der Waals surface area contributed by atoms with Gasteiger partial charge in [0, 0.05) is 19.3 Å². The number of rotatable bonds is 5. The van der Waals surface area contributed by atoms with E-state index < -0.39 is 0 Å². The van der Waals surface area contributed by atoms with E-state index in [9.17, 15) is 9.90 Å². The summed E-state index contributed by atoms with van der Waals surface area (Å²) in [6.45, 7) is 11.3. The number of H-pyrrole nitrogens is 1. The average molecular weight is 473 g/mol. The number of ether oxygens (including phenoxy) is 1. The minimum atomic E-state index is -0.210. The average Bonchev–Trinajstić information content (AvgIpc) is 3.41. The van der Waals surface area contributed by atoms with Crippen LogP contribution in [0.25, 0.3) is 0 Å². The summed E-state index contributed by atoms with van der Waals surface area (Å²) in [6.07, 6.45) is 9.46. The second kappa shape index (κ2) is 8.86. The Morgan fingerprint density at radius 1 is 1.15 bits per heavy atom. The van der Waals surface area contributed by atoms with Crippen molar-refractivity contribution < 1.29 is 14.6 Å². The molecule has 34 heavy (non-hydrogen) atoms. The van der Waals surface area contributed by atoms with Crippen molar-refractivity contribution in [2.75, 3.05) is 0 Å². The van der Waals surface area contributed by atoms with Gasteiger partial charge in [0.15, 0.2) is 0 Å². The first-order chi connectivity index (χ1) is 16.2. The van der Waals surface area contributed by atoms with Crippen LogP contribution >= 0.6 is 0 Å². The number of hydrogen-bond acceptors (Lipinski definition) is 6. The normalized spacial score (nSPS) is 46.8. The molecule has 1 aromatic rings. The number of aliphatic hydroxyl groups excluding tert-OH is 1. The number of esters is 1. The number of nitrogens with one attached hydrogen (secondary N) is 1. The predicted molar refractivity (Wildman–Crippen MR) is 128 cm³/mol. The van der Waals surface area contributed by atoms with Crippen LogP contribution in [0.1, 0.15) is 91.8 Å². The van der Waals surface area contributed by atoms with Crippen molar-refractivity contribution in [2.24, 2.45) is 52.3 Å². The first-order valence-corrected chi connectivity index (χ1v) is 13.8. The number of aliphatic hydroxyl groups is 1. The first-order valence-electron chi connectivity index (χ1n) is 13.8. The SMILES string of the molecule is CC[C@@H]1C2C[C@H](O)CC[C@@]2(C)[C@H]2CCC3(C)[C@@H]([C@H](C)Cc4nnn[nH]4)CC[C@H]3C2[C@@H]1OC(C)=O. The molecule has 0 amide bonds. The van der Waals surface area contributed by atoms with Crippen molar-refractivity contribution in [3.63, 3.8) is 0 Å². The molecule has 4 fully saturated rings. The highest BCUT2D eigenvalue weighted by molar-refractivity contribution is 5.66. The van der Waals surface area contributed by atoms with E-state index in [-0.39, 0.29) is 29.0 Å². The van der Waals surface area contributed by atoms with Gasteiger partial charge in [0.1, 0.15) is 11.9 Å². The molecule has 7 nitrogen and oxygen atoms in total. The lowest BCUT2D eigenvalue weighted by molar-refractivity contribution is -0.217. The number of fused-ring (bicyclic) bond motifs is 5. The van der Waals surface area contributed by atoms with Crippen molar-refractivity contribution in [3.8, 4) is 0 Å². The molecule has 190 valence electrons. The molecular weight excluding hydrogens is 428 g/mol. The van der Waals surface area contributed by atoms with E-state index in [0.29, 0.717) is 41.4 Å². The van der Waals surface area contributed by atoms with Gasteiger partial charge in [-0.3, -0.25) is 4.79 Å². The molecule has 0 aliphatic heterocycles. The number of aromatic nitrogens is 4. The lowest BCUT2D eigenvalue weighted by Gasteiger charge is -2.65. The molecule has 0 spiro atoms. The van der Waals surface area contributed by atoms with Crippen molar-refractivity contribution >= 4 is 5.97 Å². The molecule has 1 heterocycles. The number of tetrazole rings is 1. The van der Waals surface area contributed by atoms with E-state index in [1.165, 1.54) is 25.7 Å². The number of nitrogens with zero attached hydrogens (tertiary/aromatic N) is 3. The van der Waals surface area contributed by atoms with Gasteiger partial charge in [-0.2, -0.15) is 0 Å². The van der Waals surface area contributed by atoms with E-state index in [0.717, 1.165) is 37.9 Å². The van der Waals surface area contributed by atoms with Crippen LogP contribution in [-0.4, -0.2) is 43.9 Å². The van der Waals surface area contributed by atoms with Gasteiger partial charge in [-0.05, 0) is 108 Å². The zero-order valence-electron chi connectivity index (χ0n) is 21.7. The van der Waals surface area contributed by atoms with E-state index in [1.54, 1.807) is 6.92 Å². The second-order valence-corrected chi connectivity index (χ2v) is 12.7. The fourth-order valence-electron chi connectivity index (χ4n) is 9.97. The number of hydrogen-bond donors (Lipinski definition) is 2. The van der Waals surface area contributed by atoms with Gasteiger partial charge in [0.25, 0.3) is 0 Å². The zero-order chi connectivity index (χ0) is 24.3. The molecule has 4 aliphatic rings. The van der Waals surface area contributed by atoms with E-state index >= 15 is 0 Å². The predicted octanol–water partition coefficient (Wildman–Crippen LogP) is 4.58. The molecule has 0 saturated heterocycles. The van der Waals surface area contributed by atoms with Gasteiger partial charge in [0.05, 0.1) is 6.10 Å². The Morgan fingerprint density at radius 3 is 2.56 bits per heavy atom. The highest BCUT2D eigenvalue weighted by Crippen LogP contribution is 2.69. The van der Waals surface area contributed by atoms with E-state index in [4.69, 9.17) is 4.74 Å². The zero-order valence-corrected chi connectivity index (χ0v) is 21.7. The third kappa shape index (κ3) is 3.72. The highest BCUT2D eigenvalue weighted by atomic mass is 16.5. The van der Waals surface area contributed by atoms with Crippen molar-refractivity contribution in [2.45, 2.75) is 105 Å². The van der Waals surface area contributed by atoms with Crippen molar-refractivity contribution in [1.82, 2.24) is 20.6 Å². The number of carbonyl (C=O) groups is 1. The van der Waals surface area contributed by atoms with Crippen LogP contribution < -0.4 is 0 Å². The van der Waals surface area contributed by atoms with Crippen molar-refractivity contribution in [1.29, 1.82) is 0 Å². The van der Waals surface area contributed by atoms with Crippen LogP contribution in [0, 0.1) is 52.3 Å². The molecule has 11 atom stereocenters. The van der Waals surface area contributed by atoms with Gasteiger partial charge < -0.3 is 9.84 Å². The van der Waals surface area contributed by atoms with Crippen molar-refractivity contribution in [3.05, 3.63) is 5.82 Å². The molecule has 0 radical (unpaired) electrons. The summed E-state index contributed by atoms with van der Waals surface area (Å²) in [7, 11) is 0. The molecule has 0 bridgehead atoms. The Labute approximate surface area is 204 Å². The van der Waals surface area contributed by atoms with Crippen LogP contribution in [0.4, 0.5) is 0 Å². The maximum Gasteiger partial charge on any atom is 0.302 e. The molecule has 1 aromatic heterocycles. The summed E-state index contributed by atoms with van der Waals surface area (Å²) in [5.41, 5.74) is 0.486. The monoisotopic (exact) mass is 472 g/mol. The number of aromatic amines is 1. The lowest BCUT2D eigenvalue weighted by Crippen LogP contribution is -2.63. The van der Waals surface area contributed by atoms with Crippen LogP contribution in [0.3, 0.4) is 0 Å². The van der Waals surface area contributed by atoms with Gasteiger partial charge in [0.2, 0.25) is 0 Å². The molecule has 0 aromatic carbocycles. The Balaban J connectivity index is 1.49. The Kier molecular flexibility index (Phi) is 6.31. The molecule has 4 aliphatic carbocycles. The highest BCUT2D eigenvalue weighted by Gasteiger charge is 2.65. The topological polar surface area (TPSA) is 101 Å². The smallest absolute Gasteiger partial charge is 0.302 e. The summed E-state index contributed by atoms with van der Waals surface area (Å²) in [6, 6.07) is 0. The molecular formula is C27H44N4O3. The second-order valence-electron chi connectivity index (χ2n) is 12.7. The maximum absolute atomic E-state index is 12.4. The minimum absolute atomic E-state index is 0.0203. The van der Waals surface area contributed by atoms with E-state index in [1.807, 2.05) is 0 Å². The fraction of sp³-hybridized carbons (Fsp3) is 0.926. The van der Waals surface area contributed by atoms with Crippen LogP contribution in [0.15, 0.2) is 0 Å². The van der Waals surface area contributed by atoms with Gasteiger partial charge >= 0.3 is 5.97 Å². The third-order valence-corrected chi connectivity index (χ3v) is 11.3.